The van der Waals surface area contributed by atoms with E-state index in [2.05, 4.69) is 33.8 Å². The van der Waals surface area contributed by atoms with Crippen molar-refractivity contribution in [2.24, 2.45) is 0 Å². The third-order valence-electron chi connectivity index (χ3n) is 5.34. The second kappa shape index (κ2) is 7.47. The number of aryl methyl sites for hydroxylation is 1. The highest BCUT2D eigenvalue weighted by Crippen LogP contribution is 2.31. The number of nitrogens with one attached hydrogen (secondary N) is 2. The van der Waals surface area contributed by atoms with Crippen molar-refractivity contribution in [2.45, 2.75) is 19.3 Å². The first-order valence-electron chi connectivity index (χ1n) is 9.94. The van der Waals surface area contributed by atoms with E-state index in [1.807, 2.05) is 47.1 Å². The molecular weight excluding hydrogens is 362 g/mol. The molecule has 0 fully saturated rings. The number of benzene rings is 2. The van der Waals surface area contributed by atoms with Crippen LogP contribution in [0.3, 0.4) is 0 Å². The quantitative estimate of drug-likeness (QED) is 0.523. The summed E-state index contributed by atoms with van der Waals surface area (Å²) in [4.78, 5) is 4.49. The molecule has 29 heavy (non-hydrogen) atoms. The molecular formula is C23H23N5O. The number of hydrogen-bond donors (Lipinski definition) is 2. The van der Waals surface area contributed by atoms with E-state index in [9.17, 15) is 0 Å². The molecule has 3 heterocycles. The van der Waals surface area contributed by atoms with Crippen LogP contribution in [0.4, 0.5) is 17.3 Å². The van der Waals surface area contributed by atoms with Gasteiger partial charge in [0.1, 0.15) is 5.75 Å². The summed E-state index contributed by atoms with van der Waals surface area (Å²) in [6, 6.07) is 18.4. The van der Waals surface area contributed by atoms with Gasteiger partial charge < -0.3 is 15.4 Å². The van der Waals surface area contributed by atoms with Gasteiger partial charge in [0.2, 0.25) is 5.95 Å². The van der Waals surface area contributed by atoms with Crippen LogP contribution in [0.2, 0.25) is 0 Å². The highest BCUT2D eigenvalue weighted by Gasteiger charge is 2.12. The first-order chi connectivity index (χ1) is 14.3. The smallest absolute Gasteiger partial charge is 0.245 e. The molecule has 1 aliphatic heterocycles. The Morgan fingerprint density at radius 2 is 2.00 bits per heavy atom. The van der Waals surface area contributed by atoms with Crippen LogP contribution >= 0.6 is 0 Å². The molecule has 5 rings (SSSR count). The van der Waals surface area contributed by atoms with Gasteiger partial charge >= 0.3 is 0 Å². The highest BCUT2D eigenvalue weighted by molar-refractivity contribution is 5.72. The van der Waals surface area contributed by atoms with Gasteiger partial charge in [-0.2, -0.15) is 0 Å². The minimum atomic E-state index is 0.554. The Balaban J connectivity index is 1.50. The van der Waals surface area contributed by atoms with E-state index < -0.39 is 0 Å². The minimum Gasteiger partial charge on any atom is -0.496 e. The summed E-state index contributed by atoms with van der Waals surface area (Å²) < 4.78 is 7.43. The number of ether oxygens (including phenoxy) is 1. The number of fused-ring (bicyclic) bond motifs is 2. The molecule has 0 spiro atoms. The Kier molecular flexibility index (Phi) is 4.52. The lowest BCUT2D eigenvalue weighted by Gasteiger charge is -2.12. The molecule has 6 nitrogen and oxygen atoms in total. The Hall–Kier alpha value is -3.54. The monoisotopic (exact) mass is 385 g/mol. The Labute approximate surface area is 169 Å². The molecule has 0 atom stereocenters. The second-order valence-electron chi connectivity index (χ2n) is 7.22. The maximum absolute atomic E-state index is 5.53. The Morgan fingerprint density at radius 1 is 1.07 bits per heavy atom. The first kappa shape index (κ1) is 17.6. The molecule has 1 aliphatic rings. The Morgan fingerprint density at radius 3 is 2.93 bits per heavy atom. The lowest BCUT2D eigenvalue weighted by molar-refractivity contribution is 0.416. The molecule has 0 aliphatic carbocycles. The molecule has 146 valence electrons. The van der Waals surface area contributed by atoms with Crippen molar-refractivity contribution in [1.82, 2.24) is 14.6 Å². The fraction of sp³-hybridized carbons (Fsp3) is 0.217. The van der Waals surface area contributed by atoms with Gasteiger partial charge in [-0.1, -0.05) is 18.2 Å². The summed E-state index contributed by atoms with van der Waals surface area (Å²) in [7, 11) is 1.68. The second-order valence-corrected chi connectivity index (χ2v) is 7.22. The SMILES string of the molecule is COc1ccccc1-c1ccc2cnc(Nc3ccc4c(c3)NCCCC4)nn12. The molecule has 2 aromatic carbocycles. The summed E-state index contributed by atoms with van der Waals surface area (Å²) in [6.45, 7) is 1.02. The van der Waals surface area contributed by atoms with E-state index in [-0.39, 0.29) is 0 Å². The van der Waals surface area contributed by atoms with Crippen molar-refractivity contribution >= 4 is 22.8 Å². The molecule has 0 radical (unpaired) electrons. The van der Waals surface area contributed by atoms with Crippen molar-refractivity contribution in [3.8, 4) is 17.0 Å². The molecule has 0 unspecified atom stereocenters. The number of methoxy groups -OCH3 is 1. The molecule has 0 saturated carbocycles. The van der Waals surface area contributed by atoms with Crippen molar-refractivity contribution < 1.29 is 4.74 Å². The zero-order valence-electron chi connectivity index (χ0n) is 16.4. The number of para-hydroxylation sites is 1. The van der Waals surface area contributed by atoms with Crippen molar-refractivity contribution in [3.05, 3.63) is 66.4 Å². The van der Waals surface area contributed by atoms with Crippen molar-refractivity contribution in [3.63, 3.8) is 0 Å². The van der Waals surface area contributed by atoms with E-state index in [4.69, 9.17) is 9.84 Å². The van der Waals surface area contributed by atoms with Crippen LogP contribution in [-0.2, 0) is 6.42 Å². The highest BCUT2D eigenvalue weighted by atomic mass is 16.5. The number of rotatable bonds is 4. The normalized spacial score (nSPS) is 13.4. The van der Waals surface area contributed by atoms with Crippen molar-refractivity contribution in [2.75, 3.05) is 24.3 Å². The molecule has 0 saturated heterocycles. The van der Waals surface area contributed by atoms with E-state index in [0.29, 0.717) is 5.95 Å². The van der Waals surface area contributed by atoms with E-state index in [0.717, 1.165) is 41.2 Å². The molecule has 4 aromatic rings. The van der Waals surface area contributed by atoms with Gasteiger partial charge in [-0.3, -0.25) is 0 Å². The molecule has 2 N–H and O–H groups in total. The van der Waals surface area contributed by atoms with E-state index in [1.54, 1.807) is 7.11 Å². The topological polar surface area (TPSA) is 63.5 Å². The number of nitrogens with zero attached hydrogens (tertiary/aromatic N) is 3. The number of aromatic nitrogens is 3. The summed E-state index contributed by atoms with van der Waals surface area (Å²) in [5.41, 5.74) is 6.43. The zero-order chi connectivity index (χ0) is 19.6. The van der Waals surface area contributed by atoms with Crippen LogP contribution in [0.5, 0.6) is 5.75 Å². The van der Waals surface area contributed by atoms with E-state index in [1.165, 1.54) is 24.1 Å². The Bertz CT molecular complexity index is 1170. The summed E-state index contributed by atoms with van der Waals surface area (Å²) in [5, 5.41) is 11.6. The predicted molar refractivity (Wildman–Crippen MR) is 116 cm³/mol. The fourth-order valence-corrected chi connectivity index (χ4v) is 3.85. The van der Waals surface area contributed by atoms with Crippen LogP contribution in [0.25, 0.3) is 16.8 Å². The van der Waals surface area contributed by atoms with Gasteiger partial charge in [0, 0.05) is 23.5 Å². The molecule has 0 bridgehead atoms. The van der Waals surface area contributed by atoms with Crippen LogP contribution in [0, 0.1) is 0 Å². The van der Waals surface area contributed by atoms with Gasteiger partial charge in [0.15, 0.2) is 0 Å². The maximum atomic E-state index is 5.53. The average Bonchev–Trinajstić information content (AvgIpc) is 3.03. The van der Waals surface area contributed by atoms with Crippen LogP contribution in [0.1, 0.15) is 18.4 Å². The minimum absolute atomic E-state index is 0.554. The third-order valence-corrected chi connectivity index (χ3v) is 5.34. The fourth-order valence-electron chi connectivity index (χ4n) is 3.85. The van der Waals surface area contributed by atoms with E-state index >= 15 is 0 Å². The zero-order valence-corrected chi connectivity index (χ0v) is 16.4. The van der Waals surface area contributed by atoms with Crippen LogP contribution in [-0.4, -0.2) is 28.3 Å². The maximum Gasteiger partial charge on any atom is 0.245 e. The molecule has 2 aromatic heterocycles. The van der Waals surface area contributed by atoms with Gasteiger partial charge in [-0.25, -0.2) is 9.50 Å². The lowest BCUT2D eigenvalue weighted by atomic mass is 10.1. The summed E-state index contributed by atoms with van der Waals surface area (Å²) in [5.74, 6) is 1.37. The van der Waals surface area contributed by atoms with Gasteiger partial charge in [0.05, 0.1) is 24.5 Å². The van der Waals surface area contributed by atoms with Gasteiger partial charge in [-0.05, 0) is 61.2 Å². The number of anilines is 3. The van der Waals surface area contributed by atoms with Crippen LogP contribution in [0.15, 0.2) is 60.8 Å². The lowest BCUT2D eigenvalue weighted by Crippen LogP contribution is -2.04. The molecule has 6 heteroatoms. The largest absolute Gasteiger partial charge is 0.496 e. The van der Waals surface area contributed by atoms with Crippen molar-refractivity contribution in [1.29, 1.82) is 0 Å². The standard InChI is InChI=1S/C23H23N5O/c1-29-22-8-3-2-7-19(22)21-12-11-18-15-25-23(27-28(18)21)26-17-10-9-16-6-4-5-13-24-20(16)14-17/h2-3,7-12,14-15,24H,4-6,13H2,1H3,(H,26,27). The predicted octanol–water partition coefficient (Wildman–Crippen LogP) is 4.90. The summed E-state index contributed by atoms with van der Waals surface area (Å²) in [6.07, 6.45) is 5.38. The average molecular weight is 385 g/mol. The third kappa shape index (κ3) is 3.38. The van der Waals surface area contributed by atoms with Gasteiger partial charge in [-0.15, -0.1) is 5.10 Å². The molecule has 0 amide bonds. The van der Waals surface area contributed by atoms with Gasteiger partial charge in [0.25, 0.3) is 0 Å². The van der Waals surface area contributed by atoms with Crippen LogP contribution < -0.4 is 15.4 Å². The number of hydrogen-bond acceptors (Lipinski definition) is 5. The first-order valence-corrected chi connectivity index (χ1v) is 9.94. The summed E-state index contributed by atoms with van der Waals surface area (Å²) >= 11 is 0.